The van der Waals surface area contributed by atoms with Gasteiger partial charge < -0.3 is 15.4 Å². The summed E-state index contributed by atoms with van der Waals surface area (Å²) in [6.45, 7) is 7.20. The van der Waals surface area contributed by atoms with E-state index in [2.05, 4.69) is 9.97 Å². The number of aromatic nitrogens is 2. The van der Waals surface area contributed by atoms with Crippen LogP contribution < -0.4 is 10.6 Å². The predicted molar refractivity (Wildman–Crippen MR) is 76.8 cm³/mol. The van der Waals surface area contributed by atoms with E-state index >= 15 is 0 Å². The van der Waals surface area contributed by atoms with Crippen LogP contribution in [-0.2, 0) is 4.74 Å². The molecule has 0 spiro atoms. The van der Waals surface area contributed by atoms with Crippen LogP contribution in [0.15, 0.2) is 0 Å². The number of nitrogens with zero attached hydrogens (tertiary/aromatic N) is 4. The van der Waals surface area contributed by atoms with Crippen LogP contribution >= 0.6 is 0 Å². The van der Waals surface area contributed by atoms with Crippen LogP contribution in [0.1, 0.15) is 19.5 Å². The first-order valence-electron chi connectivity index (χ1n) is 6.39. The molecule has 2 N–H and O–H groups in total. The van der Waals surface area contributed by atoms with Crippen molar-refractivity contribution in [3.8, 4) is 0 Å². The van der Waals surface area contributed by atoms with E-state index in [1.807, 2.05) is 18.7 Å². The maximum absolute atomic E-state index is 11.2. The fourth-order valence-electron chi connectivity index (χ4n) is 1.93. The number of aryl methyl sites for hydroxylation is 1. The van der Waals surface area contributed by atoms with Crippen molar-refractivity contribution in [2.24, 2.45) is 5.92 Å². The van der Waals surface area contributed by atoms with Gasteiger partial charge in [-0.3, -0.25) is 10.1 Å². The zero-order valence-electron chi connectivity index (χ0n) is 12.3. The van der Waals surface area contributed by atoms with Crippen molar-refractivity contribution >= 4 is 17.5 Å². The smallest absolute Gasteiger partial charge is 0.332 e. The van der Waals surface area contributed by atoms with Crippen LogP contribution in [-0.4, -0.2) is 41.7 Å². The Hall–Kier alpha value is -1.96. The maximum atomic E-state index is 11.2. The third-order valence-corrected chi connectivity index (χ3v) is 2.69. The Morgan fingerprint density at radius 2 is 2.10 bits per heavy atom. The minimum absolute atomic E-state index is 0.0364. The summed E-state index contributed by atoms with van der Waals surface area (Å²) < 4.78 is 5.05. The highest BCUT2D eigenvalue weighted by Gasteiger charge is 2.26. The summed E-state index contributed by atoms with van der Waals surface area (Å²) in [5.41, 5.74) is 5.79. The first-order valence-corrected chi connectivity index (χ1v) is 6.39. The number of nitrogens with two attached hydrogens (primary N) is 1. The highest BCUT2D eigenvalue weighted by Crippen LogP contribution is 2.29. The molecule has 0 aliphatic carbocycles. The molecule has 0 bridgehead atoms. The first kappa shape index (κ1) is 16.1. The van der Waals surface area contributed by atoms with E-state index in [-0.39, 0.29) is 23.1 Å². The minimum atomic E-state index is -0.468. The third kappa shape index (κ3) is 4.02. The molecule has 0 fully saturated rings. The van der Waals surface area contributed by atoms with Gasteiger partial charge in [-0.2, -0.15) is 4.98 Å². The lowest BCUT2D eigenvalue weighted by molar-refractivity contribution is -0.385. The summed E-state index contributed by atoms with van der Waals surface area (Å²) in [6, 6.07) is 0. The van der Waals surface area contributed by atoms with Crippen molar-refractivity contribution in [2.45, 2.75) is 20.8 Å². The van der Waals surface area contributed by atoms with E-state index in [0.29, 0.717) is 25.6 Å². The molecule has 0 saturated heterocycles. The highest BCUT2D eigenvalue weighted by molar-refractivity contribution is 5.62. The van der Waals surface area contributed by atoms with Crippen molar-refractivity contribution < 1.29 is 9.66 Å². The van der Waals surface area contributed by atoms with Crippen molar-refractivity contribution in [3.05, 3.63) is 15.8 Å². The van der Waals surface area contributed by atoms with Crippen molar-refractivity contribution in [3.63, 3.8) is 0 Å². The van der Waals surface area contributed by atoms with Gasteiger partial charge in [0.2, 0.25) is 11.8 Å². The van der Waals surface area contributed by atoms with Crippen molar-refractivity contribution in [2.75, 3.05) is 37.4 Å². The predicted octanol–water partition coefficient (Wildman–Crippen LogP) is 1.38. The normalized spacial score (nSPS) is 10.8. The second-order valence-electron chi connectivity index (χ2n) is 4.93. The number of anilines is 2. The summed E-state index contributed by atoms with van der Waals surface area (Å²) in [5, 5.41) is 11.2. The monoisotopic (exact) mass is 283 g/mol. The molecular formula is C12H21N5O3. The summed E-state index contributed by atoms with van der Waals surface area (Å²) in [6.07, 6.45) is 0. The highest BCUT2D eigenvalue weighted by atomic mass is 16.6. The summed E-state index contributed by atoms with van der Waals surface area (Å²) in [5.74, 6) is 0.614. The van der Waals surface area contributed by atoms with Crippen LogP contribution in [0.3, 0.4) is 0 Å². The second-order valence-corrected chi connectivity index (χ2v) is 4.93. The average Bonchev–Trinajstić information content (AvgIpc) is 2.32. The zero-order valence-corrected chi connectivity index (χ0v) is 12.3. The van der Waals surface area contributed by atoms with Gasteiger partial charge in [-0.1, -0.05) is 13.8 Å². The van der Waals surface area contributed by atoms with Gasteiger partial charge in [0.05, 0.1) is 11.5 Å². The van der Waals surface area contributed by atoms with Gasteiger partial charge in [0, 0.05) is 20.2 Å². The van der Waals surface area contributed by atoms with Crippen LogP contribution in [0.4, 0.5) is 17.5 Å². The summed E-state index contributed by atoms with van der Waals surface area (Å²) in [7, 11) is 1.58. The lowest BCUT2D eigenvalue weighted by atomic mass is 10.2. The Morgan fingerprint density at radius 3 is 2.60 bits per heavy atom. The molecule has 0 radical (unpaired) electrons. The number of ether oxygens (including phenoxy) is 1. The maximum Gasteiger partial charge on any atom is 0.332 e. The summed E-state index contributed by atoms with van der Waals surface area (Å²) in [4.78, 5) is 20.5. The molecule has 0 aliphatic rings. The fraction of sp³-hybridized carbons (Fsp3) is 0.667. The van der Waals surface area contributed by atoms with Crippen LogP contribution in [0.5, 0.6) is 0 Å². The van der Waals surface area contributed by atoms with E-state index in [4.69, 9.17) is 10.5 Å². The van der Waals surface area contributed by atoms with Gasteiger partial charge >= 0.3 is 5.69 Å². The third-order valence-electron chi connectivity index (χ3n) is 2.69. The summed E-state index contributed by atoms with van der Waals surface area (Å²) >= 11 is 0. The quantitative estimate of drug-likeness (QED) is 0.595. The molecule has 20 heavy (non-hydrogen) atoms. The lowest BCUT2D eigenvalue weighted by Gasteiger charge is -2.25. The molecule has 1 rings (SSSR count). The van der Waals surface area contributed by atoms with Crippen molar-refractivity contribution in [1.29, 1.82) is 0 Å². The van der Waals surface area contributed by atoms with Crippen LogP contribution in [0.25, 0.3) is 0 Å². The Bertz CT molecular complexity index is 478. The van der Waals surface area contributed by atoms with Gasteiger partial charge in [0.1, 0.15) is 5.69 Å². The topological polar surface area (TPSA) is 107 Å². The molecule has 0 amide bonds. The number of methoxy groups -OCH3 is 1. The second kappa shape index (κ2) is 6.99. The van der Waals surface area contributed by atoms with Crippen LogP contribution in [0.2, 0.25) is 0 Å². The molecular weight excluding hydrogens is 262 g/mol. The molecule has 0 aromatic carbocycles. The van der Waals surface area contributed by atoms with E-state index in [9.17, 15) is 10.1 Å². The molecule has 0 atom stereocenters. The standard InChI is InChI=1S/C12H21N5O3/c1-8(2)7-16(5-6-20-4)11-10(17(18)19)9(3)14-12(13)15-11/h8H,5-7H2,1-4H3,(H2,13,14,15). The average molecular weight is 283 g/mol. The molecule has 1 aromatic heterocycles. The molecule has 8 heteroatoms. The zero-order chi connectivity index (χ0) is 15.3. The molecule has 0 aliphatic heterocycles. The van der Waals surface area contributed by atoms with E-state index in [0.717, 1.165) is 0 Å². The number of nitrogen functional groups attached to an aromatic ring is 1. The van der Waals surface area contributed by atoms with Crippen LogP contribution in [0, 0.1) is 23.0 Å². The van der Waals surface area contributed by atoms with E-state index < -0.39 is 4.92 Å². The largest absolute Gasteiger partial charge is 0.383 e. The number of rotatable bonds is 7. The minimum Gasteiger partial charge on any atom is -0.383 e. The fourth-order valence-corrected chi connectivity index (χ4v) is 1.93. The Labute approximate surface area is 118 Å². The first-order chi connectivity index (χ1) is 9.36. The molecule has 0 unspecified atom stereocenters. The Morgan fingerprint density at radius 1 is 1.45 bits per heavy atom. The van der Waals surface area contributed by atoms with Gasteiger partial charge in [0.25, 0.3) is 0 Å². The molecule has 1 heterocycles. The van der Waals surface area contributed by atoms with Gasteiger partial charge in [-0.25, -0.2) is 4.98 Å². The molecule has 112 valence electrons. The van der Waals surface area contributed by atoms with E-state index in [1.165, 1.54) is 0 Å². The number of nitro groups is 1. The molecule has 1 aromatic rings. The van der Waals surface area contributed by atoms with E-state index in [1.54, 1.807) is 14.0 Å². The molecule has 8 nitrogen and oxygen atoms in total. The Balaban J connectivity index is 3.25. The Kier molecular flexibility index (Phi) is 5.63. The number of hydrogen-bond acceptors (Lipinski definition) is 7. The van der Waals surface area contributed by atoms with Gasteiger partial charge in [-0.15, -0.1) is 0 Å². The number of hydrogen-bond donors (Lipinski definition) is 1. The van der Waals surface area contributed by atoms with Crippen molar-refractivity contribution in [1.82, 2.24) is 9.97 Å². The van der Waals surface area contributed by atoms with Gasteiger partial charge in [-0.05, 0) is 12.8 Å². The molecule has 0 saturated carbocycles. The van der Waals surface area contributed by atoms with Gasteiger partial charge in [0.15, 0.2) is 0 Å². The SMILES string of the molecule is COCCN(CC(C)C)c1nc(N)nc(C)c1[N+](=O)[O-]. The lowest BCUT2D eigenvalue weighted by Crippen LogP contribution is -2.32.